The fourth-order valence-corrected chi connectivity index (χ4v) is 3.55. The van der Waals surface area contributed by atoms with Crippen molar-refractivity contribution in [2.45, 2.75) is 25.5 Å². The van der Waals surface area contributed by atoms with Gasteiger partial charge >= 0.3 is 0 Å². The maximum atomic E-state index is 12.6. The summed E-state index contributed by atoms with van der Waals surface area (Å²) in [6, 6.07) is 14.2. The first-order valence-electron chi connectivity index (χ1n) is 9.19. The molecule has 5 heteroatoms. The van der Waals surface area contributed by atoms with E-state index in [1.165, 1.54) is 5.56 Å². The van der Waals surface area contributed by atoms with Crippen molar-refractivity contribution in [3.05, 3.63) is 66.0 Å². The predicted molar refractivity (Wildman–Crippen MR) is 101 cm³/mol. The van der Waals surface area contributed by atoms with Gasteiger partial charge in [0.1, 0.15) is 0 Å². The van der Waals surface area contributed by atoms with Crippen LogP contribution >= 0.6 is 0 Å². The zero-order chi connectivity index (χ0) is 18.4. The summed E-state index contributed by atoms with van der Waals surface area (Å²) < 4.78 is 0. The first kappa shape index (κ1) is 18.5. The van der Waals surface area contributed by atoms with Crippen LogP contribution in [0.15, 0.2) is 54.9 Å². The topological polar surface area (TPSA) is 56.7 Å². The second-order valence-electron chi connectivity index (χ2n) is 7.18. The Morgan fingerprint density at radius 2 is 2.00 bits per heavy atom. The average molecular weight is 353 g/mol. The van der Waals surface area contributed by atoms with Crippen LogP contribution in [0.1, 0.15) is 17.5 Å². The molecule has 3 rings (SSSR count). The standard InChI is InChI=1S/C21H27N3O2/c1-23(14-18-8-5-10-22-13-18)16-21(26)24-11-9-19(20(25)15-24)12-17-6-3-2-4-7-17/h2-8,10,13,19-20,25H,9,11-12,14-16H2,1H3/t19-,20+/m1/s1. The second kappa shape index (κ2) is 8.92. The Balaban J connectivity index is 1.47. The highest BCUT2D eigenvalue weighted by Crippen LogP contribution is 2.22. The van der Waals surface area contributed by atoms with Gasteiger partial charge in [0, 0.05) is 32.0 Å². The first-order chi connectivity index (χ1) is 12.6. The van der Waals surface area contributed by atoms with Crippen LogP contribution in [0.25, 0.3) is 0 Å². The SMILES string of the molecule is CN(CC(=O)N1CC[C@H](Cc2ccccc2)[C@@H](O)C1)Cc1cccnc1. The van der Waals surface area contributed by atoms with Crippen LogP contribution in [-0.4, -0.2) is 58.6 Å². The lowest BCUT2D eigenvalue weighted by atomic mass is 9.88. The van der Waals surface area contributed by atoms with Crippen LogP contribution in [0.3, 0.4) is 0 Å². The van der Waals surface area contributed by atoms with E-state index < -0.39 is 6.10 Å². The molecule has 2 heterocycles. The summed E-state index contributed by atoms with van der Waals surface area (Å²) in [4.78, 5) is 20.5. The zero-order valence-corrected chi connectivity index (χ0v) is 15.3. The summed E-state index contributed by atoms with van der Waals surface area (Å²) in [6.45, 7) is 2.18. The van der Waals surface area contributed by atoms with Crippen molar-refractivity contribution < 1.29 is 9.90 Å². The molecule has 0 aliphatic carbocycles. The number of likely N-dealkylation sites (N-methyl/N-ethyl adjacent to an activating group) is 1. The molecule has 0 spiro atoms. The molecule has 0 unspecified atom stereocenters. The summed E-state index contributed by atoms with van der Waals surface area (Å²) in [5.41, 5.74) is 2.33. The molecule has 26 heavy (non-hydrogen) atoms. The second-order valence-corrected chi connectivity index (χ2v) is 7.18. The van der Waals surface area contributed by atoms with Gasteiger partial charge in [-0.3, -0.25) is 14.7 Å². The van der Waals surface area contributed by atoms with E-state index in [1.54, 1.807) is 11.1 Å². The van der Waals surface area contributed by atoms with E-state index in [1.807, 2.05) is 48.5 Å². The minimum Gasteiger partial charge on any atom is -0.391 e. The molecule has 1 amide bonds. The van der Waals surface area contributed by atoms with Crippen molar-refractivity contribution in [1.82, 2.24) is 14.8 Å². The van der Waals surface area contributed by atoms with Gasteiger partial charge in [-0.1, -0.05) is 36.4 Å². The highest BCUT2D eigenvalue weighted by atomic mass is 16.3. The Morgan fingerprint density at radius 1 is 1.23 bits per heavy atom. The number of carbonyl (C=O) groups is 1. The Kier molecular flexibility index (Phi) is 6.36. The fourth-order valence-electron chi connectivity index (χ4n) is 3.55. The van der Waals surface area contributed by atoms with E-state index in [-0.39, 0.29) is 11.8 Å². The van der Waals surface area contributed by atoms with Gasteiger partial charge in [0.15, 0.2) is 0 Å². The van der Waals surface area contributed by atoms with Gasteiger partial charge in [-0.15, -0.1) is 0 Å². The summed E-state index contributed by atoms with van der Waals surface area (Å²) in [5, 5.41) is 10.5. The van der Waals surface area contributed by atoms with Crippen LogP contribution in [0, 0.1) is 5.92 Å². The number of pyridine rings is 1. The van der Waals surface area contributed by atoms with Crippen molar-refractivity contribution in [2.75, 3.05) is 26.7 Å². The van der Waals surface area contributed by atoms with E-state index in [0.717, 1.165) is 18.4 Å². The minimum absolute atomic E-state index is 0.0774. The Bertz CT molecular complexity index is 693. The van der Waals surface area contributed by atoms with Crippen LogP contribution in [-0.2, 0) is 17.8 Å². The summed E-state index contributed by atoms with van der Waals surface area (Å²) in [6.07, 6.45) is 4.81. The van der Waals surface area contributed by atoms with E-state index in [4.69, 9.17) is 0 Å². The lowest BCUT2D eigenvalue weighted by Gasteiger charge is -2.36. The number of aromatic nitrogens is 1. The maximum Gasteiger partial charge on any atom is 0.236 e. The number of hydrogen-bond acceptors (Lipinski definition) is 4. The summed E-state index contributed by atoms with van der Waals surface area (Å²) in [5.74, 6) is 0.295. The molecule has 1 N–H and O–H groups in total. The molecule has 138 valence electrons. The van der Waals surface area contributed by atoms with E-state index in [9.17, 15) is 9.90 Å². The number of nitrogens with zero attached hydrogens (tertiary/aromatic N) is 3. The summed E-state index contributed by atoms with van der Waals surface area (Å²) in [7, 11) is 1.93. The van der Waals surface area contributed by atoms with Crippen molar-refractivity contribution in [1.29, 1.82) is 0 Å². The van der Waals surface area contributed by atoms with Crippen molar-refractivity contribution in [2.24, 2.45) is 5.92 Å². The Hall–Kier alpha value is -2.24. The maximum absolute atomic E-state index is 12.6. The molecular weight excluding hydrogens is 326 g/mol. The molecule has 0 radical (unpaired) electrons. The Labute approximate surface area is 155 Å². The molecule has 1 aliphatic rings. The molecule has 2 atom stereocenters. The molecule has 0 saturated carbocycles. The Morgan fingerprint density at radius 3 is 2.69 bits per heavy atom. The molecule has 1 saturated heterocycles. The largest absolute Gasteiger partial charge is 0.391 e. The van der Waals surface area contributed by atoms with Crippen LogP contribution in [0.5, 0.6) is 0 Å². The van der Waals surface area contributed by atoms with Gasteiger partial charge < -0.3 is 10.0 Å². The monoisotopic (exact) mass is 353 g/mol. The number of β-amino-alcohol motifs (C(OH)–C–C–N with tert-alkyl or cyclic N) is 1. The number of aliphatic hydroxyl groups is 1. The van der Waals surface area contributed by atoms with Gasteiger partial charge in [0.05, 0.1) is 12.6 Å². The van der Waals surface area contributed by atoms with Crippen molar-refractivity contribution in [3.8, 4) is 0 Å². The predicted octanol–water partition coefficient (Wildman–Crippen LogP) is 1.97. The zero-order valence-electron chi connectivity index (χ0n) is 15.3. The van der Waals surface area contributed by atoms with E-state index >= 15 is 0 Å². The molecule has 0 bridgehead atoms. The van der Waals surface area contributed by atoms with Gasteiger partial charge in [0.25, 0.3) is 0 Å². The third kappa shape index (κ3) is 5.13. The molecule has 1 aromatic heterocycles. The van der Waals surface area contributed by atoms with Gasteiger partial charge in [-0.25, -0.2) is 0 Å². The lowest BCUT2D eigenvalue weighted by Crippen LogP contribution is -2.49. The number of aliphatic hydroxyl groups excluding tert-OH is 1. The van der Waals surface area contributed by atoms with Gasteiger partial charge in [0.2, 0.25) is 5.91 Å². The number of piperidine rings is 1. The number of rotatable bonds is 6. The van der Waals surface area contributed by atoms with E-state index in [0.29, 0.717) is 26.2 Å². The quantitative estimate of drug-likeness (QED) is 0.863. The fraction of sp³-hybridized carbons (Fsp3) is 0.429. The third-order valence-corrected chi connectivity index (χ3v) is 5.00. The minimum atomic E-state index is -0.462. The average Bonchev–Trinajstić information content (AvgIpc) is 2.65. The first-order valence-corrected chi connectivity index (χ1v) is 9.19. The molecular formula is C21H27N3O2. The molecule has 2 aromatic rings. The van der Waals surface area contributed by atoms with Crippen molar-refractivity contribution in [3.63, 3.8) is 0 Å². The third-order valence-electron chi connectivity index (χ3n) is 5.00. The van der Waals surface area contributed by atoms with E-state index in [2.05, 4.69) is 17.1 Å². The van der Waals surface area contributed by atoms with Crippen LogP contribution in [0.2, 0.25) is 0 Å². The summed E-state index contributed by atoms with van der Waals surface area (Å²) >= 11 is 0. The molecule has 1 aliphatic heterocycles. The molecule has 1 aromatic carbocycles. The molecule has 5 nitrogen and oxygen atoms in total. The number of hydrogen-bond donors (Lipinski definition) is 1. The highest BCUT2D eigenvalue weighted by Gasteiger charge is 2.30. The molecule has 1 fully saturated rings. The highest BCUT2D eigenvalue weighted by molar-refractivity contribution is 5.78. The number of benzene rings is 1. The number of carbonyl (C=O) groups excluding carboxylic acids is 1. The normalized spacial score (nSPS) is 20.3. The number of likely N-dealkylation sites (tertiary alicyclic amines) is 1. The van der Waals surface area contributed by atoms with Crippen molar-refractivity contribution >= 4 is 5.91 Å². The van der Waals surface area contributed by atoms with Crippen LogP contribution < -0.4 is 0 Å². The lowest BCUT2D eigenvalue weighted by molar-refractivity contribution is -0.136. The van der Waals surface area contributed by atoms with Gasteiger partial charge in [-0.05, 0) is 43.0 Å². The van der Waals surface area contributed by atoms with Crippen LogP contribution in [0.4, 0.5) is 0 Å². The smallest absolute Gasteiger partial charge is 0.236 e. The number of amides is 1. The van der Waals surface area contributed by atoms with Gasteiger partial charge in [-0.2, -0.15) is 0 Å².